The molecule has 1 fully saturated rings. The molecule has 0 amide bonds. The Morgan fingerprint density at radius 3 is 2.41 bits per heavy atom. The molecule has 1 atom stereocenters. The van der Waals surface area contributed by atoms with Gasteiger partial charge in [-0.15, -0.1) is 0 Å². The maximum Gasteiger partial charge on any atom is 0.170 e. The number of morpholine rings is 1. The number of nitrogens with one attached hydrogen (secondary N) is 2. The Bertz CT molecular complexity index is 728. The predicted molar refractivity (Wildman–Crippen MR) is 114 cm³/mol. The van der Waals surface area contributed by atoms with Crippen molar-refractivity contribution in [1.29, 1.82) is 0 Å². The average molecular weight is 386 g/mol. The number of aryl methyl sites for hydroxylation is 1. The molecule has 27 heavy (non-hydrogen) atoms. The maximum atomic E-state index is 5.52. The minimum absolute atomic E-state index is 0.220. The van der Waals surface area contributed by atoms with E-state index in [1.807, 2.05) is 24.3 Å². The molecule has 1 aliphatic heterocycles. The number of anilines is 1. The lowest BCUT2D eigenvalue weighted by Gasteiger charge is -2.35. The zero-order valence-electron chi connectivity index (χ0n) is 15.9. The lowest BCUT2D eigenvalue weighted by Crippen LogP contribution is -2.44. The Hall–Kier alpha value is -2.15. The number of hydrogen-bond acceptors (Lipinski definition) is 4. The Kier molecular flexibility index (Phi) is 7.04. The van der Waals surface area contributed by atoms with Gasteiger partial charge < -0.3 is 20.1 Å². The van der Waals surface area contributed by atoms with Crippen LogP contribution in [0.3, 0.4) is 0 Å². The summed E-state index contributed by atoms with van der Waals surface area (Å²) >= 11 is 5.49. The molecule has 0 saturated carbocycles. The summed E-state index contributed by atoms with van der Waals surface area (Å²) in [6.45, 7) is 6.15. The van der Waals surface area contributed by atoms with Gasteiger partial charge in [-0.25, -0.2) is 0 Å². The third-order valence-corrected chi connectivity index (χ3v) is 5.00. The van der Waals surface area contributed by atoms with Crippen molar-refractivity contribution in [2.75, 3.05) is 45.3 Å². The number of nitrogens with zero attached hydrogens (tertiary/aromatic N) is 1. The van der Waals surface area contributed by atoms with Crippen LogP contribution in [0.25, 0.3) is 0 Å². The molecule has 1 aliphatic rings. The Morgan fingerprint density at radius 2 is 1.78 bits per heavy atom. The fourth-order valence-electron chi connectivity index (χ4n) is 3.17. The van der Waals surface area contributed by atoms with E-state index in [1.54, 1.807) is 7.11 Å². The van der Waals surface area contributed by atoms with Gasteiger partial charge in [0.25, 0.3) is 0 Å². The van der Waals surface area contributed by atoms with Crippen LogP contribution in [0.2, 0.25) is 0 Å². The molecular formula is C21H27N3O2S. The molecule has 0 bridgehead atoms. The number of thiocarbonyl (C=S) groups is 1. The van der Waals surface area contributed by atoms with Crippen molar-refractivity contribution < 1.29 is 9.47 Å². The van der Waals surface area contributed by atoms with Crippen molar-refractivity contribution in [3.05, 3.63) is 59.7 Å². The van der Waals surface area contributed by atoms with E-state index in [0.717, 1.165) is 44.3 Å². The third-order valence-electron chi connectivity index (χ3n) is 4.75. The molecular weight excluding hydrogens is 358 g/mol. The summed E-state index contributed by atoms with van der Waals surface area (Å²) in [5.41, 5.74) is 3.46. The Morgan fingerprint density at radius 1 is 1.11 bits per heavy atom. The van der Waals surface area contributed by atoms with Crippen LogP contribution in [0.4, 0.5) is 5.69 Å². The molecule has 0 aliphatic carbocycles. The number of hydrogen-bond donors (Lipinski definition) is 2. The monoisotopic (exact) mass is 385 g/mol. The van der Waals surface area contributed by atoms with Crippen molar-refractivity contribution in [2.45, 2.75) is 13.0 Å². The molecule has 1 heterocycles. The first-order valence-corrected chi connectivity index (χ1v) is 9.64. The van der Waals surface area contributed by atoms with Crippen molar-refractivity contribution in [1.82, 2.24) is 10.2 Å². The van der Waals surface area contributed by atoms with E-state index in [4.69, 9.17) is 21.7 Å². The summed E-state index contributed by atoms with van der Waals surface area (Å²) in [6.07, 6.45) is 0. The summed E-state index contributed by atoms with van der Waals surface area (Å²) in [6, 6.07) is 16.7. The van der Waals surface area contributed by atoms with E-state index in [-0.39, 0.29) is 6.04 Å². The second-order valence-electron chi connectivity index (χ2n) is 6.64. The molecule has 5 nitrogen and oxygen atoms in total. The fraction of sp³-hybridized carbons (Fsp3) is 0.381. The average Bonchev–Trinajstić information content (AvgIpc) is 2.71. The number of ether oxygens (including phenoxy) is 2. The topological polar surface area (TPSA) is 45.8 Å². The van der Waals surface area contributed by atoms with E-state index in [9.17, 15) is 0 Å². The SMILES string of the molecule is COc1ccc(C(CNC(=S)Nc2ccc(C)cc2)N2CCOCC2)cc1. The second kappa shape index (κ2) is 9.69. The van der Waals surface area contributed by atoms with Gasteiger partial charge in [0.2, 0.25) is 0 Å². The second-order valence-corrected chi connectivity index (χ2v) is 7.05. The van der Waals surface area contributed by atoms with Crippen molar-refractivity contribution >= 4 is 23.0 Å². The van der Waals surface area contributed by atoms with E-state index >= 15 is 0 Å². The Labute approximate surface area is 166 Å². The number of methoxy groups -OCH3 is 1. The molecule has 0 radical (unpaired) electrons. The zero-order valence-corrected chi connectivity index (χ0v) is 16.7. The lowest BCUT2D eigenvalue weighted by atomic mass is 10.0. The first-order valence-electron chi connectivity index (χ1n) is 9.23. The van der Waals surface area contributed by atoms with Gasteiger partial charge in [-0.05, 0) is 49.0 Å². The highest BCUT2D eigenvalue weighted by Crippen LogP contribution is 2.23. The summed E-state index contributed by atoms with van der Waals surface area (Å²) in [7, 11) is 1.69. The number of benzene rings is 2. The predicted octanol–water partition coefficient (Wildman–Crippen LogP) is 3.36. The van der Waals surface area contributed by atoms with Crippen LogP contribution >= 0.6 is 12.2 Å². The van der Waals surface area contributed by atoms with E-state index < -0.39 is 0 Å². The normalized spacial score (nSPS) is 15.8. The molecule has 3 rings (SSSR count). The van der Waals surface area contributed by atoms with Crippen LogP contribution in [0.5, 0.6) is 5.75 Å². The van der Waals surface area contributed by atoms with Gasteiger partial charge in [0, 0.05) is 25.3 Å². The minimum Gasteiger partial charge on any atom is -0.497 e. The molecule has 144 valence electrons. The van der Waals surface area contributed by atoms with E-state index in [2.05, 4.69) is 46.7 Å². The molecule has 0 spiro atoms. The van der Waals surface area contributed by atoms with Gasteiger partial charge in [0.1, 0.15) is 5.75 Å². The minimum atomic E-state index is 0.220. The first-order chi connectivity index (χ1) is 13.2. The summed E-state index contributed by atoms with van der Waals surface area (Å²) < 4.78 is 10.8. The zero-order chi connectivity index (χ0) is 19.1. The van der Waals surface area contributed by atoms with Crippen LogP contribution in [0.1, 0.15) is 17.2 Å². The van der Waals surface area contributed by atoms with Gasteiger partial charge in [-0.2, -0.15) is 0 Å². The third kappa shape index (κ3) is 5.66. The maximum absolute atomic E-state index is 5.52. The smallest absolute Gasteiger partial charge is 0.170 e. The van der Waals surface area contributed by atoms with Crippen LogP contribution in [0.15, 0.2) is 48.5 Å². The molecule has 6 heteroatoms. The van der Waals surface area contributed by atoms with Crippen LogP contribution < -0.4 is 15.4 Å². The summed E-state index contributed by atoms with van der Waals surface area (Å²) in [4.78, 5) is 2.44. The van der Waals surface area contributed by atoms with Gasteiger partial charge >= 0.3 is 0 Å². The highest BCUT2D eigenvalue weighted by Gasteiger charge is 2.22. The van der Waals surface area contributed by atoms with E-state index in [0.29, 0.717) is 5.11 Å². The molecule has 0 aromatic heterocycles. The van der Waals surface area contributed by atoms with Gasteiger partial charge in [-0.3, -0.25) is 4.90 Å². The summed E-state index contributed by atoms with van der Waals surface area (Å²) in [5.74, 6) is 0.865. The van der Waals surface area contributed by atoms with Crippen LogP contribution in [0, 0.1) is 6.92 Å². The number of rotatable bonds is 6. The largest absolute Gasteiger partial charge is 0.497 e. The highest BCUT2D eigenvalue weighted by atomic mass is 32.1. The van der Waals surface area contributed by atoms with Gasteiger partial charge in [0.05, 0.1) is 26.4 Å². The van der Waals surface area contributed by atoms with Gasteiger partial charge in [-0.1, -0.05) is 29.8 Å². The molecule has 1 saturated heterocycles. The van der Waals surface area contributed by atoms with Crippen LogP contribution in [-0.2, 0) is 4.74 Å². The molecule has 2 N–H and O–H groups in total. The standard InChI is InChI=1S/C21H27N3O2S/c1-16-3-7-18(8-4-16)23-21(27)22-15-20(24-11-13-26-14-12-24)17-5-9-19(25-2)10-6-17/h3-10,20H,11-15H2,1-2H3,(H2,22,23,27). The lowest BCUT2D eigenvalue weighted by molar-refractivity contribution is 0.0170. The Balaban J connectivity index is 1.64. The van der Waals surface area contributed by atoms with E-state index in [1.165, 1.54) is 11.1 Å². The van der Waals surface area contributed by atoms with Crippen LogP contribution in [-0.4, -0.2) is 50.0 Å². The summed E-state index contributed by atoms with van der Waals surface area (Å²) in [5, 5.41) is 7.26. The fourth-order valence-corrected chi connectivity index (χ4v) is 3.38. The quantitative estimate of drug-likeness (QED) is 0.744. The van der Waals surface area contributed by atoms with Crippen molar-refractivity contribution in [3.8, 4) is 5.75 Å². The molecule has 2 aromatic rings. The van der Waals surface area contributed by atoms with Crippen molar-refractivity contribution in [3.63, 3.8) is 0 Å². The molecule has 1 unspecified atom stereocenters. The van der Waals surface area contributed by atoms with Gasteiger partial charge in [0.15, 0.2) is 5.11 Å². The highest BCUT2D eigenvalue weighted by molar-refractivity contribution is 7.80. The molecule has 2 aromatic carbocycles. The first kappa shape index (κ1) is 19.6. The van der Waals surface area contributed by atoms with Crippen molar-refractivity contribution in [2.24, 2.45) is 0 Å².